The molecule has 0 radical (unpaired) electrons. The molecule has 1 aliphatic heterocycles. The van der Waals surface area contributed by atoms with E-state index in [1.54, 1.807) is 30.3 Å². The lowest BCUT2D eigenvalue weighted by molar-refractivity contribution is 0.102. The molecule has 1 aliphatic rings. The van der Waals surface area contributed by atoms with E-state index in [-0.39, 0.29) is 23.6 Å². The van der Waals surface area contributed by atoms with Crippen LogP contribution in [0.25, 0.3) is 0 Å². The van der Waals surface area contributed by atoms with Gasteiger partial charge in [0.2, 0.25) is 6.79 Å². The maximum absolute atomic E-state index is 13.4. The number of ether oxygens (including phenoxy) is 2. The van der Waals surface area contributed by atoms with Crippen molar-refractivity contribution in [1.82, 2.24) is 0 Å². The van der Waals surface area contributed by atoms with Gasteiger partial charge in [-0.1, -0.05) is 12.1 Å². The summed E-state index contributed by atoms with van der Waals surface area (Å²) in [5.41, 5.74) is 0.831. The summed E-state index contributed by atoms with van der Waals surface area (Å²) in [6.07, 6.45) is 0. The quantitative estimate of drug-likeness (QED) is 0.693. The van der Waals surface area contributed by atoms with Crippen molar-refractivity contribution in [3.63, 3.8) is 0 Å². The van der Waals surface area contributed by atoms with Gasteiger partial charge in [0.1, 0.15) is 0 Å². The number of hydrogen-bond donors (Lipinski definition) is 2. The molecule has 0 fully saturated rings. The Morgan fingerprint density at radius 1 is 0.793 bits per heavy atom. The van der Waals surface area contributed by atoms with Crippen LogP contribution in [-0.2, 0) is 0 Å². The molecule has 0 spiro atoms. The standard InChI is InChI=1S/C21H14F2N2O4/c22-15-7-5-12(9-16(15)23)20(26)25-17-4-2-1-3-14(17)21(27)24-13-6-8-18-19(10-13)29-11-28-18/h1-10H,11H2,(H,24,27)(H,25,26). The van der Waals surface area contributed by atoms with E-state index in [1.165, 1.54) is 12.1 Å². The third kappa shape index (κ3) is 3.86. The van der Waals surface area contributed by atoms with Gasteiger partial charge in [0, 0.05) is 17.3 Å². The minimum atomic E-state index is -1.13. The molecule has 0 aliphatic carbocycles. The summed E-state index contributed by atoms with van der Waals surface area (Å²) in [5, 5.41) is 5.27. The third-order valence-electron chi connectivity index (χ3n) is 4.23. The van der Waals surface area contributed by atoms with Gasteiger partial charge in [0.15, 0.2) is 23.1 Å². The van der Waals surface area contributed by atoms with Crippen molar-refractivity contribution in [3.05, 3.63) is 83.4 Å². The molecule has 2 amide bonds. The molecule has 0 saturated carbocycles. The lowest BCUT2D eigenvalue weighted by Gasteiger charge is -2.12. The number of amides is 2. The van der Waals surface area contributed by atoms with E-state index < -0.39 is 23.4 Å². The number of anilines is 2. The number of carbonyl (C=O) groups excluding carboxylic acids is 2. The van der Waals surface area contributed by atoms with Gasteiger partial charge < -0.3 is 20.1 Å². The second kappa shape index (κ2) is 7.59. The van der Waals surface area contributed by atoms with E-state index >= 15 is 0 Å². The van der Waals surface area contributed by atoms with Gasteiger partial charge in [-0.25, -0.2) is 8.78 Å². The van der Waals surface area contributed by atoms with Crippen LogP contribution in [0.3, 0.4) is 0 Å². The molecule has 2 N–H and O–H groups in total. The molecule has 4 rings (SSSR count). The Labute approximate surface area is 164 Å². The van der Waals surface area contributed by atoms with Gasteiger partial charge in [-0.05, 0) is 42.5 Å². The molecule has 0 bridgehead atoms. The smallest absolute Gasteiger partial charge is 0.257 e. The lowest BCUT2D eigenvalue weighted by atomic mass is 10.1. The zero-order chi connectivity index (χ0) is 20.4. The van der Waals surface area contributed by atoms with Crippen molar-refractivity contribution in [2.24, 2.45) is 0 Å². The van der Waals surface area contributed by atoms with Crippen molar-refractivity contribution >= 4 is 23.2 Å². The fraction of sp³-hybridized carbons (Fsp3) is 0.0476. The van der Waals surface area contributed by atoms with Gasteiger partial charge in [-0.2, -0.15) is 0 Å². The maximum atomic E-state index is 13.4. The second-order valence-electron chi connectivity index (χ2n) is 6.15. The molecule has 6 nitrogen and oxygen atoms in total. The van der Waals surface area contributed by atoms with Crippen molar-refractivity contribution in [1.29, 1.82) is 0 Å². The highest BCUT2D eigenvalue weighted by atomic mass is 19.2. The van der Waals surface area contributed by atoms with Crippen LogP contribution >= 0.6 is 0 Å². The first-order valence-electron chi connectivity index (χ1n) is 8.58. The van der Waals surface area contributed by atoms with Crippen LogP contribution in [0.1, 0.15) is 20.7 Å². The summed E-state index contributed by atoms with van der Waals surface area (Å²) < 4.78 is 37.0. The normalized spacial score (nSPS) is 11.8. The fourth-order valence-electron chi connectivity index (χ4n) is 2.79. The van der Waals surface area contributed by atoms with Crippen molar-refractivity contribution < 1.29 is 27.8 Å². The minimum Gasteiger partial charge on any atom is -0.454 e. The summed E-state index contributed by atoms with van der Waals surface area (Å²) in [7, 11) is 0. The molecule has 1 heterocycles. The first-order valence-corrected chi connectivity index (χ1v) is 8.58. The summed E-state index contributed by atoms with van der Waals surface area (Å²) in [4.78, 5) is 25.1. The van der Waals surface area contributed by atoms with Crippen LogP contribution in [0.5, 0.6) is 11.5 Å². The molecular weight excluding hydrogens is 382 g/mol. The minimum absolute atomic E-state index is 0.0742. The van der Waals surface area contributed by atoms with E-state index in [9.17, 15) is 18.4 Å². The number of fused-ring (bicyclic) bond motifs is 1. The van der Waals surface area contributed by atoms with Crippen LogP contribution < -0.4 is 20.1 Å². The molecule has 0 aromatic heterocycles. The fourth-order valence-corrected chi connectivity index (χ4v) is 2.79. The molecule has 0 unspecified atom stereocenters. The SMILES string of the molecule is O=C(Nc1ccccc1C(=O)Nc1ccc2c(c1)OCO2)c1ccc(F)c(F)c1. The molecule has 8 heteroatoms. The second-order valence-corrected chi connectivity index (χ2v) is 6.15. The third-order valence-corrected chi connectivity index (χ3v) is 4.23. The number of hydrogen-bond acceptors (Lipinski definition) is 4. The highest BCUT2D eigenvalue weighted by molar-refractivity contribution is 6.12. The topological polar surface area (TPSA) is 76.7 Å². The predicted molar refractivity (Wildman–Crippen MR) is 101 cm³/mol. The Morgan fingerprint density at radius 2 is 1.59 bits per heavy atom. The molecule has 0 saturated heterocycles. The van der Waals surface area contributed by atoms with Gasteiger partial charge in [-0.3, -0.25) is 9.59 Å². The van der Waals surface area contributed by atoms with Crippen LogP contribution in [0.15, 0.2) is 60.7 Å². The van der Waals surface area contributed by atoms with Crippen molar-refractivity contribution in [2.75, 3.05) is 17.4 Å². The van der Waals surface area contributed by atoms with E-state index in [0.717, 1.165) is 18.2 Å². The Balaban J connectivity index is 1.53. The van der Waals surface area contributed by atoms with Crippen LogP contribution in [0.2, 0.25) is 0 Å². The highest BCUT2D eigenvalue weighted by Crippen LogP contribution is 2.34. The molecular formula is C21H14F2N2O4. The summed E-state index contributed by atoms with van der Waals surface area (Å²) in [5.74, 6) is -2.22. The molecule has 29 heavy (non-hydrogen) atoms. The highest BCUT2D eigenvalue weighted by Gasteiger charge is 2.18. The molecule has 3 aromatic rings. The number of carbonyl (C=O) groups is 2. The van der Waals surface area contributed by atoms with Crippen molar-refractivity contribution in [3.8, 4) is 11.5 Å². The number of nitrogens with one attached hydrogen (secondary N) is 2. The van der Waals surface area contributed by atoms with Crippen LogP contribution in [0.4, 0.5) is 20.2 Å². The zero-order valence-electron chi connectivity index (χ0n) is 14.9. The largest absolute Gasteiger partial charge is 0.454 e. The lowest BCUT2D eigenvalue weighted by Crippen LogP contribution is -2.18. The number of halogens is 2. The van der Waals surface area contributed by atoms with E-state index in [1.807, 2.05) is 0 Å². The Morgan fingerprint density at radius 3 is 2.41 bits per heavy atom. The number of rotatable bonds is 4. The Kier molecular flexibility index (Phi) is 4.82. The van der Waals surface area contributed by atoms with E-state index in [2.05, 4.69) is 10.6 Å². The molecule has 3 aromatic carbocycles. The maximum Gasteiger partial charge on any atom is 0.257 e. The molecule has 146 valence electrons. The van der Waals surface area contributed by atoms with Crippen molar-refractivity contribution in [2.45, 2.75) is 0 Å². The van der Waals surface area contributed by atoms with E-state index in [4.69, 9.17) is 9.47 Å². The Bertz CT molecular complexity index is 1120. The van der Waals surface area contributed by atoms with Gasteiger partial charge in [0.05, 0.1) is 11.3 Å². The van der Waals surface area contributed by atoms with Gasteiger partial charge >= 0.3 is 0 Å². The summed E-state index contributed by atoms with van der Waals surface area (Å²) >= 11 is 0. The van der Waals surface area contributed by atoms with Gasteiger partial charge in [0.25, 0.3) is 11.8 Å². The number of benzene rings is 3. The van der Waals surface area contributed by atoms with Gasteiger partial charge in [-0.15, -0.1) is 0 Å². The first kappa shape index (κ1) is 18.4. The molecule has 0 atom stereocenters. The van der Waals surface area contributed by atoms with Crippen LogP contribution in [-0.4, -0.2) is 18.6 Å². The van der Waals surface area contributed by atoms with Crippen LogP contribution in [0, 0.1) is 11.6 Å². The average molecular weight is 396 g/mol. The zero-order valence-corrected chi connectivity index (χ0v) is 14.9. The summed E-state index contributed by atoms with van der Waals surface area (Å²) in [6.45, 7) is 0.117. The first-order chi connectivity index (χ1) is 14.0. The van der Waals surface area contributed by atoms with E-state index in [0.29, 0.717) is 17.2 Å². The Hall–Kier alpha value is -3.94. The predicted octanol–water partition coefficient (Wildman–Crippen LogP) is 4.20. The number of para-hydroxylation sites is 1. The monoisotopic (exact) mass is 396 g/mol. The average Bonchev–Trinajstić information content (AvgIpc) is 3.18. The summed E-state index contributed by atoms with van der Waals surface area (Å²) in [6, 6.07) is 14.1.